The quantitative estimate of drug-likeness (QED) is 0.920. The third kappa shape index (κ3) is 2.86. The summed E-state index contributed by atoms with van der Waals surface area (Å²) in [5, 5.41) is 9.46. The summed E-state index contributed by atoms with van der Waals surface area (Å²) in [7, 11) is 0. The molecule has 0 amide bonds. The molecule has 0 heterocycles. The summed E-state index contributed by atoms with van der Waals surface area (Å²) >= 11 is 6.13. The number of halogens is 1. The predicted octanol–water partition coefficient (Wildman–Crippen LogP) is 3.17. The first-order chi connectivity index (χ1) is 9.21. The van der Waals surface area contributed by atoms with Crippen molar-refractivity contribution in [1.82, 2.24) is 0 Å². The average molecular weight is 278 g/mol. The fourth-order valence-electron chi connectivity index (χ4n) is 3.08. The lowest BCUT2D eigenvalue weighted by Crippen LogP contribution is -2.40. The van der Waals surface area contributed by atoms with E-state index in [0.717, 1.165) is 18.8 Å². The summed E-state index contributed by atoms with van der Waals surface area (Å²) in [6.07, 6.45) is 3.64. The van der Waals surface area contributed by atoms with Crippen molar-refractivity contribution in [2.24, 2.45) is 11.7 Å². The Morgan fingerprint density at radius 2 is 2.26 bits per heavy atom. The summed E-state index contributed by atoms with van der Waals surface area (Å²) in [6.45, 7) is 3.83. The number of benzene rings is 1. The minimum Gasteiger partial charge on any atom is -0.368 e. The lowest BCUT2D eigenvalue weighted by molar-refractivity contribution is 0.462. The van der Waals surface area contributed by atoms with Crippen molar-refractivity contribution in [1.29, 1.82) is 5.26 Å². The van der Waals surface area contributed by atoms with Crippen LogP contribution in [0, 0.1) is 17.2 Å². The third-order valence-corrected chi connectivity index (χ3v) is 4.38. The van der Waals surface area contributed by atoms with Crippen molar-refractivity contribution in [2.45, 2.75) is 32.2 Å². The average Bonchev–Trinajstić information content (AvgIpc) is 2.88. The third-order valence-electron chi connectivity index (χ3n) is 4.07. The Kier molecular flexibility index (Phi) is 4.68. The molecule has 102 valence electrons. The predicted molar refractivity (Wildman–Crippen MR) is 79.4 cm³/mol. The van der Waals surface area contributed by atoms with Crippen LogP contribution in [0.25, 0.3) is 0 Å². The molecule has 1 aliphatic carbocycles. The molecule has 1 aromatic rings. The largest absolute Gasteiger partial charge is 0.368 e. The lowest BCUT2D eigenvalue weighted by Gasteiger charge is -2.34. The SMILES string of the molecule is CCN(c1ccc(C#N)c(Cl)c1)C1CCCC1CN. The van der Waals surface area contributed by atoms with Gasteiger partial charge in [-0.05, 0) is 50.4 Å². The van der Waals surface area contributed by atoms with Gasteiger partial charge < -0.3 is 10.6 Å². The molecule has 1 aliphatic rings. The molecule has 0 radical (unpaired) electrons. The summed E-state index contributed by atoms with van der Waals surface area (Å²) in [5.74, 6) is 0.564. The van der Waals surface area contributed by atoms with Crippen LogP contribution in [0.4, 0.5) is 5.69 Å². The fraction of sp³-hybridized carbons (Fsp3) is 0.533. The zero-order valence-electron chi connectivity index (χ0n) is 11.3. The second-order valence-electron chi connectivity index (χ2n) is 5.06. The molecule has 0 bridgehead atoms. The number of nitriles is 1. The molecule has 4 heteroatoms. The smallest absolute Gasteiger partial charge is 0.101 e. The first-order valence-electron chi connectivity index (χ1n) is 6.87. The van der Waals surface area contributed by atoms with Gasteiger partial charge in [0.25, 0.3) is 0 Å². The van der Waals surface area contributed by atoms with Gasteiger partial charge in [-0.15, -0.1) is 0 Å². The van der Waals surface area contributed by atoms with Crippen molar-refractivity contribution < 1.29 is 0 Å². The minimum absolute atomic E-state index is 0.499. The Balaban J connectivity index is 2.27. The second kappa shape index (κ2) is 6.27. The van der Waals surface area contributed by atoms with Crippen LogP contribution in [0.1, 0.15) is 31.7 Å². The number of anilines is 1. The van der Waals surface area contributed by atoms with Gasteiger partial charge in [0, 0.05) is 18.3 Å². The van der Waals surface area contributed by atoms with Gasteiger partial charge >= 0.3 is 0 Å². The Morgan fingerprint density at radius 3 is 2.84 bits per heavy atom. The monoisotopic (exact) mass is 277 g/mol. The number of hydrogen-bond donors (Lipinski definition) is 1. The van der Waals surface area contributed by atoms with Gasteiger partial charge in [0.2, 0.25) is 0 Å². The van der Waals surface area contributed by atoms with Gasteiger partial charge in [-0.1, -0.05) is 18.0 Å². The molecule has 0 aromatic heterocycles. The fourth-order valence-corrected chi connectivity index (χ4v) is 3.30. The molecule has 19 heavy (non-hydrogen) atoms. The van der Waals surface area contributed by atoms with E-state index in [9.17, 15) is 0 Å². The summed E-state index contributed by atoms with van der Waals surface area (Å²) in [4.78, 5) is 2.37. The number of rotatable bonds is 4. The first kappa shape index (κ1) is 14.2. The zero-order chi connectivity index (χ0) is 13.8. The van der Waals surface area contributed by atoms with Gasteiger partial charge in [0.1, 0.15) is 6.07 Å². The van der Waals surface area contributed by atoms with Crippen LogP contribution in [0.2, 0.25) is 5.02 Å². The van der Waals surface area contributed by atoms with E-state index < -0.39 is 0 Å². The van der Waals surface area contributed by atoms with E-state index in [1.807, 2.05) is 12.1 Å². The van der Waals surface area contributed by atoms with Crippen molar-refractivity contribution >= 4 is 17.3 Å². The van der Waals surface area contributed by atoms with E-state index in [4.69, 9.17) is 22.6 Å². The van der Waals surface area contributed by atoms with Crippen molar-refractivity contribution in [3.63, 3.8) is 0 Å². The zero-order valence-corrected chi connectivity index (χ0v) is 12.0. The standard InChI is InChI=1S/C15H20ClN3/c1-2-19(15-5-3-4-12(15)10-18)13-7-6-11(9-17)14(16)8-13/h6-8,12,15H,2-5,10,18H2,1H3. The van der Waals surface area contributed by atoms with Gasteiger partial charge in [-0.25, -0.2) is 0 Å². The highest BCUT2D eigenvalue weighted by atomic mass is 35.5. The second-order valence-corrected chi connectivity index (χ2v) is 5.46. The van der Waals surface area contributed by atoms with Gasteiger partial charge in [-0.2, -0.15) is 5.26 Å². The summed E-state index contributed by atoms with van der Waals surface area (Å²) < 4.78 is 0. The van der Waals surface area contributed by atoms with Crippen molar-refractivity contribution in [3.8, 4) is 6.07 Å². The Hall–Kier alpha value is -1.24. The molecule has 2 unspecified atom stereocenters. The molecule has 1 fully saturated rings. The number of hydrogen-bond acceptors (Lipinski definition) is 3. The maximum atomic E-state index is 8.93. The van der Waals surface area contributed by atoms with E-state index in [1.165, 1.54) is 19.3 Å². The molecular formula is C15H20ClN3. The van der Waals surface area contributed by atoms with E-state index >= 15 is 0 Å². The van der Waals surface area contributed by atoms with Crippen LogP contribution in [-0.4, -0.2) is 19.1 Å². The van der Waals surface area contributed by atoms with Crippen LogP contribution in [0.5, 0.6) is 0 Å². The Morgan fingerprint density at radius 1 is 1.47 bits per heavy atom. The van der Waals surface area contributed by atoms with E-state index in [0.29, 0.717) is 22.5 Å². The topological polar surface area (TPSA) is 53.0 Å². The van der Waals surface area contributed by atoms with Gasteiger partial charge in [0.15, 0.2) is 0 Å². The molecule has 1 saturated carbocycles. The van der Waals surface area contributed by atoms with E-state index in [-0.39, 0.29) is 0 Å². The van der Waals surface area contributed by atoms with Gasteiger partial charge in [-0.3, -0.25) is 0 Å². The highest BCUT2D eigenvalue weighted by Gasteiger charge is 2.30. The summed E-state index contributed by atoms with van der Waals surface area (Å²) in [6, 6.07) is 8.28. The summed E-state index contributed by atoms with van der Waals surface area (Å²) in [5.41, 5.74) is 7.50. The Bertz CT molecular complexity index is 481. The first-order valence-corrected chi connectivity index (χ1v) is 7.25. The highest BCUT2D eigenvalue weighted by molar-refractivity contribution is 6.32. The van der Waals surface area contributed by atoms with Crippen LogP contribution in [0.15, 0.2) is 18.2 Å². The number of nitrogens with two attached hydrogens (primary N) is 1. The maximum absolute atomic E-state index is 8.93. The number of nitrogens with zero attached hydrogens (tertiary/aromatic N) is 2. The molecular weight excluding hydrogens is 258 g/mol. The lowest BCUT2D eigenvalue weighted by atomic mass is 10.0. The Labute approximate surface area is 120 Å². The van der Waals surface area contributed by atoms with Crippen LogP contribution in [-0.2, 0) is 0 Å². The van der Waals surface area contributed by atoms with Crippen LogP contribution >= 0.6 is 11.6 Å². The maximum Gasteiger partial charge on any atom is 0.101 e. The molecule has 3 nitrogen and oxygen atoms in total. The molecule has 2 N–H and O–H groups in total. The molecule has 0 saturated heterocycles. The van der Waals surface area contributed by atoms with Crippen LogP contribution in [0.3, 0.4) is 0 Å². The highest BCUT2D eigenvalue weighted by Crippen LogP contribution is 2.33. The molecule has 0 spiro atoms. The molecule has 1 aromatic carbocycles. The molecule has 0 aliphatic heterocycles. The van der Waals surface area contributed by atoms with Crippen molar-refractivity contribution in [2.75, 3.05) is 18.0 Å². The van der Waals surface area contributed by atoms with Crippen LogP contribution < -0.4 is 10.6 Å². The molecule has 2 atom stereocenters. The van der Waals surface area contributed by atoms with E-state index in [2.05, 4.69) is 17.9 Å². The minimum atomic E-state index is 0.499. The van der Waals surface area contributed by atoms with E-state index in [1.54, 1.807) is 6.07 Å². The normalized spacial score (nSPS) is 22.2. The van der Waals surface area contributed by atoms with Crippen molar-refractivity contribution in [3.05, 3.63) is 28.8 Å². The molecule has 2 rings (SSSR count). The van der Waals surface area contributed by atoms with Gasteiger partial charge in [0.05, 0.1) is 10.6 Å².